The van der Waals surface area contributed by atoms with Crippen molar-refractivity contribution in [1.29, 1.82) is 0 Å². The summed E-state index contributed by atoms with van der Waals surface area (Å²) in [6, 6.07) is 15.5. The molecule has 1 N–H and O–H groups in total. The van der Waals surface area contributed by atoms with Gasteiger partial charge in [-0.3, -0.25) is 4.79 Å². The van der Waals surface area contributed by atoms with Crippen molar-refractivity contribution < 1.29 is 14.3 Å². The van der Waals surface area contributed by atoms with Crippen LogP contribution in [-0.2, 0) is 6.54 Å². The molecule has 1 aromatic heterocycles. The minimum absolute atomic E-state index is 0.179. The topological polar surface area (TPSA) is 52.5 Å². The summed E-state index contributed by atoms with van der Waals surface area (Å²) in [7, 11) is 3.08. The molecular formula is C19H20N2O3. The van der Waals surface area contributed by atoms with E-state index in [0.717, 1.165) is 5.52 Å². The van der Waals surface area contributed by atoms with Crippen LogP contribution in [0.1, 0.15) is 10.4 Å². The number of rotatable bonds is 6. The molecule has 124 valence electrons. The Morgan fingerprint density at radius 1 is 1.04 bits per heavy atom. The van der Waals surface area contributed by atoms with Crippen LogP contribution < -0.4 is 14.8 Å². The fraction of sp³-hybridized carbons (Fsp3) is 0.211. The van der Waals surface area contributed by atoms with Gasteiger partial charge >= 0.3 is 0 Å². The van der Waals surface area contributed by atoms with Crippen LogP contribution in [0.5, 0.6) is 11.5 Å². The van der Waals surface area contributed by atoms with Crippen LogP contribution >= 0.6 is 0 Å². The Balaban J connectivity index is 1.68. The second-order valence-corrected chi connectivity index (χ2v) is 5.36. The first-order valence-corrected chi connectivity index (χ1v) is 7.77. The zero-order chi connectivity index (χ0) is 16.9. The number of amides is 1. The van der Waals surface area contributed by atoms with Gasteiger partial charge in [0.25, 0.3) is 5.91 Å². The Morgan fingerprint density at radius 2 is 1.88 bits per heavy atom. The fourth-order valence-corrected chi connectivity index (χ4v) is 2.79. The molecule has 0 atom stereocenters. The van der Waals surface area contributed by atoms with Crippen molar-refractivity contribution in [1.82, 2.24) is 9.88 Å². The molecule has 5 nitrogen and oxygen atoms in total. The van der Waals surface area contributed by atoms with E-state index >= 15 is 0 Å². The third-order valence-electron chi connectivity index (χ3n) is 3.97. The van der Waals surface area contributed by atoms with Crippen LogP contribution in [0, 0.1) is 0 Å². The van der Waals surface area contributed by atoms with Gasteiger partial charge in [-0.15, -0.1) is 0 Å². The van der Waals surface area contributed by atoms with E-state index in [1.807, 2.05) is 18.3 Å². The van der Waals surface area contributed by atoms with Crippen LogP contribution in [0.2, 0.25) is 0 Å². The molecule has 3 aromatic rings. The lowest BCUT2D eigenvalue weighted by molar-refractivity contribution is 0.0948. The number of aromatic nitrogens is 1. The molecule has 0 saturated heterocycles. The molecule has 0 aliphatic carbocycles. The predicted molar refractivity (Wildman–Crippen MR) is 93.8 cm³/mol. The van der Waals surface area contributed by atoms with Gasteiger partial charge in [-0.25, -0.2) is 0 Å². The quantitative estimate of drug-likeness (QED) is 0.758. The standard InChI is InChI=1S/C19H20N2O3/c1-23-17-9-5-7-15(18(17)24-2)19(22)20-11-13-21-12-10-14-6-3-4-8-16(14)21/h3-10,12H,11,13H2,1-2H3,(H,20,22). The summed E-state index contributed by atoms with van der Waals surface area (Å²) in [4.78, 5) is 12.4. The van der Waals surface area contributed by atoms with E-state index in [1.165, 1.54) is 12.5 Å². The summed E-state index contributed by atoms with van der Waals surface area (Å²) in [5.41, 5.74) is 1.62. The SMILES string of the molecule is COc1cccc(C(=O)NCCn2ccc3ccccc32)c1OC. The number of carbonyl (C=O) groups is 1. The van der Waals surface area contributed by atoms with E-state index in [-0.39, 0.29) is 5.91 Å². The van der Waals surface area contributed by atoms with Crippen LogP contribution in [0.4, 0.5) is 0 Å². The molecule has 0 spiro atoms. The van der Waals surface area contributed by atoms with Gasteiger partial charge in [-0.1, -0.05) is 24.3 Å². The molecule has 24 heavy (non-hydrogen) atoms. The van der Waals surface area contributed by atoms with E-state index in [1.54, 1.807) is 25.3 Å². The lowest BCUT2D eigenvalue weighted by atomic mass is 10.1. The van der Waals surface area contributed by atoms with Crippen molar-refractivity contribution in [3.8, 4) is 11.5 Å². The Bertz CT molecular complexity index is 855. The van der Waals surface area contributed by atoms with Crippen molar-refractivity contribution in [2.75, 3.05) is 20.8 Å². The van der Waals surface area contributed by atoms with Gasteiger partial charge in [0.15, 0.2) is 11.5 Å². The highest BCUT2D eigenvalue weighted by atomic mass is 16.5. The lowest BCUT2D eigenvalue weighted by Crippen LogP contribution is -2.27. The Morgan fingerprint density at radius 3 is 2.67 bits per heavy atom. The number of para-hydroxylation sites is 2. The maximum Gasteiger partial charge on any atom is 0.255 e. The highest BCUT2D eigenvalue weighted by Crippen LogP contribution is 2.30. The smallest absolute Gasteiger partial charge is 0.255 e. The molecule has 0 aliphatic rings. The number of hydrogen-bond donors (Lipinski definition) is 1. The summed E-state index contributed by atoms with van der Waals surface area (Å²) >= 11 is 0. The summed E-state index contributed by atoms with van der Waals surface area (Å²) < 4.78 is 12.7. The zero-order valence-corrected chi connectivity index (χ0v) is 13.8. The van der Waals surface area contributed by atoms with E-state index in [2.05, 4.69) is 28.1 Å². The molecule has 0 unspecified atom stereocenters. The molecule has 0 bridgehead atoms. The number of carbonyl (C=O) groups excluding carboxylic acids is 1. The second kappa shape index (κ2) is 7.08. The third-order valence-corrected chi connectivity index (χ3v) is 3.97. The molecule has 0 radical (unpaired) electrons. The van der Waals surface area contributed by atoms with Crippen LogP contribution in [0.15, 0.2) is 54.7 Å². The summed E-state index contributed by atoms with van der Waals surface area (Å²) in [5.74, 6) is 0.813. The number of nitrogens with zero attached hydrogens (tertiary/aromatic N) is 1. The molecule has 3 rings (SSSR count). The second-order valence-electron chi connectivity index (χ2n) is 5.36. The number of methoxy groups -OCH3 is 2. The average Bonchev–Trinajstić information content (AvgIpc) is 3.04. The number of nitrogens with one attached hydrogen (secondary N) is 1. The van der Waals surface area contributed by atoms with Crippen LogP contribution in [0.25, 0.3) is 10.9 Å². The minimum Gasteiger partial charge on any atom is -0.493 e. The van der Waals surface area contributed by atoms with Crippen molar-refractivity contribution >= 4 is 16.8 Å². The minimum atomic E-state index is -0.179. The maximum absolute atomic E-state index is 12.4. The van der Waals surface area contributed by atoms with Crippen LogP contribution in [-0.4, -0.2) is 31.2 Å². The van der Waals surface area contributed by atoms with Gasteiger partial charge < -0.3 is 19.4 Å². The Labute approximate surface area is 140 Å². The molecule has 1 heterocycles. The van der Waals surface area contributed by atoms with E-state index < -0.39 is 0 Å². The molecule has 0 aliphatic heterocycles. The van der Waals surface area contributed by atoms with E-state index in [4.69, 9.17) is 9.47 Å². The Hall–Kier alpha value is -2.95. The first kappa shape index (κ1) is 15.9. The summed E-state index contributed by atoms with van der Waals surface area (Å²) in [6.45, 7) is 1.23. The van der Waals surface area contributed by atoms with E-state index in [9.17, 15) is 4.79 Å². The predicted octanol–water partition coefficient (Wildman–Crippen LogP) is 3.09. The number of ether oxygens (including phenoxy) is 2. The van der Waals surface area contributed by atoms with Crippen LogP contribution in [0.3, 0.4) is 0 Å². The molecule has 1 amide bonds. The van der Waals surface area contributed by atoms with Gasteiger partial charge in [0.05, 0.1) is 19.8 Å². The maximum atomic E-state index is 12.4. The van der Waals surface area contributed by atoms with Gasteiger partial charge in [-0.2, -0.15) is 0 Å². The largest absolute Gasteiger partial charge is 0.493 e. The van der Waals surface area contributed by atoms with Crippen molar-refractivity contribution in [3.63, 3.8) is 0 Å². The molecule has 5 heteroatoms. The third kappa shape index (κ3) is 3.06. The average molecular weight is 324 g/mol. The first-order chi connectivity index (χ1) is 11.7. The molecular weight excluding hydrogens is 304 g/mol. The highest BCUT2D eigenvalue weighted by molar-refractivity contribution is 5.97. The number of hydrogen-bond acceptors (Lipinski definition) is 3. The molecule has 2 aromatic carbocycles. The van der Waals surface area contributed by atoms with Gasteiger partial charge in [0.1, 0.15) is 0 Å². The monoisotopic (exact) mass is 324 g/mol. The van der Waals surface area contributed by atoms with Gasteiger partial charge in [0.2, 0.25) is 0 Å². The number of fused-ring (bicyclic) bond motifs is 1. The summed E-state index contributed by atoms with van der Waals surface area (Å²) in [5, 5.41) is 4.13. The first-order valence-electron chi connectivity index (χ1n) is 7.77. The van der Waals surface area contributed by atoms with Gasteiger partial charge in [-0.05, 0) is 29.7 Å². The normalized spacial score (nSPS) is 10.6. The van der Waals surface area contributed by atoms with Crippen molar-refractivity contribution in [2.24, 2.45) is 0 Å². The highest BCUT2D eigenvalue weighted by Gasteiger charge is 2.15. The Kier molecular flexibility index (Phi) is 4.70. The number of benzene rings is 2. The lowest BCUT2D eigenvalue weighted by Gasteiger charge is -2.13. The molecule has 0 saturated carbocycles. The zero-order valence-electron chi connectivity index (χ0n) is 13.8. The van der Waals surface area contributed by atoms with Gasteiger partial charge in [0, 0.05) is 24.8 Å². The van der Waals surface area contributed by atoms with Crippen molar-refractivity contribution in [2.45, 2.75) is 6.54 Å². The van der Waals surface area contributed by atoms with E-state index in [0.29, 0.717) is 30.2 Å². The molecule has 0 fully saturated rings. The van der Waals surface area contributed by atoms with Crippen molar-refractivity contribution in [3.05, 3.63) is 60.3 Å². The fourth-order valence-electron chi connectivity index (χ4n) is 2.79. The summed E-state index contributed by atoms with van der Waals surface area (Å²) in [6.07, 6.45) is 2.03.